The number of nitrogens with zero attached hydrogens (tertiary/aromatic N) is 6. The first kappa shape index (κ1) is 14.7. The standard InChI is InChI=1S/C16H11FN6S/c17-11-4-6-13(7-5-11)23-15-14(21-22-23)16(20-10-19-15)24-9-12-3-1-2-8-18-12/h1-8,10H,9H2. The largest absolute Gasteiger partial charge is 0.260 e. The Morgan fingerprint density at radius 1 is 1.00 bits per heavy atom. The average molecular weight is 338 g/mol. The van der Waals surface area contributed by atoms with E-state index in [0.717, 1.165) is 10.7 Å². The molecule has 0 aliphatic heterocycles. The predicted octanol–water partition coefficient (Wildman–Crippen LogP) is 3.04. The van der Waals surface area contributed by atoms with Crippen LogP contribution in [-0.2, 0) is 5.75 Å². The molecule has 0 aliphatic rings. The maximum atomic E-state index is 13.1. The monoisotopic (exact) mass is 338 g/mol. The number of aromatic nitrogens is 6. The van der Waals surface area contributed by atoms with Gasteiger partial charge in [-0.25, -0.2) is 14.4 Å². The van der Waals surface area contributed by atoms with Crippen LogP contribution in [0.3, 0.4) is 0 Å². The van der Waals surface area contributed by atoms with Crippen molar-refractivity contribution in [1.82, 2.24) is 29.9 Å². The molecule has 0 atom stereocenters. The van der Waals surface area contributed by atoms with Gasteiger partial charge in [0.15, 0.2) is 11.2 Å². The number of hydrogen-bond donors (Lipinski definition) is 0. The average Bonchev–Trinajstić information content (AvgIpc) is 3.06. The lowest BCUT2D eigenvalue weighted by Crippen LogP contribution is -1.98. The third-order valence-electron chi connectivity index (χ3n) is 3.36. The van der Waals surface area contributed by atoms with Crippen LogP contribution in [0, 0.1) is 5.82 Å². The minimum atomic E-state index is -0.301. The Kier molecular flexibility index (Phi) is 3.87. The molecule has 0 unspecified atom stereocenters. The molecule has 3 aromatic heterocycles. The highest BCUT2D eigenvalue weighted by atomic mass is 32.2. The van der Waals surface area contributed by atoms with Crippen LogP contribution in [0.2, 0.25) is 0 Å². The molecule has 0 saturated heterocycles. The van der Waals surface area contributed by atoms with Gasteiger partial charge in [-0.05, 0) is 36.4 Å². The van der Waals surface area contributed by atoms with Gasteiger partial charge in [0.2, 0.25) is 0 Å². The summed E-state index contributed by atoms with van der Waals surface area (Å²) < 4.78 is 14.7. The summed E-state index contributed by atoms with van der Waals surface area (Å²) in [5.74, 6) is 0.375. The molecule has 4 aromatic rings. The van der Waals surface area contributed by atoms with E-state index in [1.807, 2.05) is 18.2 Å². The molecular weight excluding hydrogens is 327 g/mol. The zero-order chi connectivity index (χ0) is 16.4. The van der Waals surface area contributed by atoms with E-state index in [9.17, 15) is 4.39 Å². The Morgan fingerprint density at radius 2 is 1.88 bits per heavy atom. The molecule has 0 fully saturated rings. The normalized spacial score (nSPS) is 11.0. The maximum absolute atomic E-state index is 13.1. The summed E-state index contributed by atoms with van der Waals surface area (Å²) in [6, 6.07) is 11.8. The van der Waals surface area contributed by atoms with Crippen LogP contribution in [-0.4, -0.2) is 29.9 Å². The van der Waals surface area contributed by atoms with E-state index in [1.165, 1.54) is 30.2 Å². The fraction of sp³-hybridized carbons (Fsp3) is 0.0625. The van der Waals surface area contributed by atoms with Crippen molar-refractivity contribution in [2.45, 2.75) is 10.8 Å². The van der Waals surface area contributed by atoms with Crippen LogP contribution in [0.25, 0.3) is 16.9 Å². The van der Waals surface area contributed by atoms with Gasteiger partial charge in [-0.15, -0.1) is 5.10 Å². The van der Waals surface area contributed by atoms with Gasteiger partial charge in [-0.2, -0.15) is 4.68 Å². The Bertz CT molecular complexity index is 971. The van der Waals surface area contributed by atoms with E-state index in [4.69, 9.17) is 0 Å². The molecule has 6 nitrogen and oxygen atoms in total. The third-order valence-corrected chi connectivity index (χ3v) is 4.37. The molecule has 0 aliphatic carbocycles. The van der Waals surface area contributed by atoms with E-state index in [2.05, 4.69) is 25.3 Å². The lowest BCUT2D eigenvalue weighted by molar-refractivity contribution is 0.627. The van der Waals surface area contributed by atoms with Crippen molar-refractivity contribution in [2.75, 3.05) is 0 Å². The van der Waals surface area contributed by atoms with Crippen LogP contribution in [0.4, 0.5) is 4.39 Å². The number of pyridine rings is 1. The van der Waals surface area contributed by atoms with Gasteiger partial charge in [0, 0.05) is 11.9 Å². The molecule has 0 spiro atoms. The van der Waals surface area contributed by atoms with Gasteiger partial charge in [0.05, 0.1) is 11.4 Å². The van der Waals surface area contributed by atoms with Gasteiger partial charge in [0.1, 0.15) is 17.2 Å². The minimum absolute atomic E-state index is 0.301. The summed E-state index contributed by atoms with van der Waals surface area (Å²) >= 11 is 1.52. The van der Waals surface area contributed by atoms with Crippen molar-refractivity contribution in [3.8, 4) is 5.69 Å². The molecular formula is C16H11FN6S. The van der Waals surface area contributed by atoms with Gasteiger partial charge in [-0.1, -0.05) is 23.0 Å². The fourth-order valence-electron chi connectivity index (χ4n) is 2.22. The first-order valence-electron chi connectivity index (χ1n) is 7.16. The summed E-state index contributed by atoms with van der Waals surface area (Å²) in [5, 5.41) is 9.04. The molecule has 24 heavy (non-hydrogen) atoms. The summed E-state index contributed by atoms with van der Waals surface area (Å²) in [4.78, 5) is 12.8. The second-order valence-electron chi connectivity index (χ2n) is 4.94. The Morgan fingerprint density at radius 3 is 2.67 bits per heavy atom. The molecule has 4 rings (SSSR count). The van der Waals surface area contributed by atoms with E-state index in [1.54, 1.807) is 23.0 Å². The number of hydrogen-bond acceptors (Lipinski definition) is 6. The van der Waals surface area contributed by atoms with Crippen molar-refractivity contribution in [1.29, 1.82) is 0 Å². The molecule has 8 heteroatoms. The van der Waals surface area contributed by atoms with Crippen molar-refractivity contribution >= 4 is 22.9 Å². The van der Waals surface area contributed by atoms with Gasteiger partial charge in [-0.3, -0.25) is 4.98 Å². The van der Waals surface area contributed by atoms with Gasteiger partial charge >= 0.3 is 0 Å². The van der Waals surface area contributed by atoms with Crippen molar-refractivity contribution in [3.63, 3.8) is 0 Å². The van der Waals surface area contributed by atoms with Crippen molar-refractivity contribution < 1.29 is 4.39 Å². The van der Waals surface area contributed by atoms with Crippen LogP contribution in [0.5, 0.6) is 0 Å². The van der Waals surface area contributed by atoms with Gasteiger partial charge < -0.3 is 0 Å². The third kappa shape index (κ3) is 2.83. The molecule has 1 aromatic carbocycles. The molecule has 0 bridgehead atoms. The molecule has 0 N–H and O–H groups in total. The highest BCUT2D eigenvalue weighted by Crippen LogP contribution is 2.26. The lowest BCUT2D eigenvalue weighted by atomic mass is 10.3. The van der Waals surface area contributed by atoms with E-state index >= 15 is 0 Å². The fourth-order valence-corrected chi connectivity index (χ4v) is 3.06. The Labute approximate surface area is 140 Å². The van der Waals surface area contributed by atoms with Crippen LogP contribution in [0.1, 0.15) is 5.69 Å². The number of benzene rings is 1. The molecule has 0 saturated carbocycles. The molecule has 118 valence electrons. The second-order valence-corrected chi connectivity index (χ2v) is 5.90. The zero-order valence-electron chi connectivity index (χ0n) is 12.4. The molecule has 3 heterocycles. The first-order chi connectivity index (χ1) is 11.8. The van der Waals surface area contributed by atoms with Crippen molar-refractivity contribution in [3.05, 3.63) is 66.5 Å². The van der Waals surface area contributed by atoms with E-state index in [-0.39, 0.29) is 5.82 Å². The summed E-state index contributed by atoms with van der Waals surface area (Å²) in [5.41, 5.74) is 2.85. The summed E-state index contributed by atoms with van der Waals surface area (Å²) in [6.07, 6.45) is 3.24. The zero-order valence-corrected chi connectivity index (χ0v) is 13.2. The van der Waals surface area contributed by atoms with Crippen LogP contribution in [0.15, 0.2) is 60.0 Å². The smallest absolute Gasteiger partial charge is 0.187 e. The number of rotatable bonds is 4. The summed E-state index contributed by atoms with van der Waals surface area (Å²) in [7, 11) is 0. The minimum Gasteiger partial charge on any atom is -0.260 e. The first-order valence-corrected chi connectivity index (χ1v) is 8.15. The summed E-state index contributed by atoms with van der Waals surface area (Å²) in [6.45, 7) is 0. The maximum Gasteiger partial charge on any atom is 0.187 e. The topological polar surface area (TPSA) is 69.4 Å². The van der Waals surface area contributed by atoms with Crippen molar-refractivity contribution in [2.24, 2.45) is 0 Å². The Hall–Kier alpha value is -2.87. The lowest BCUT2D eigenvalue weighted by Gasteiger charge is -2.02. The quantitative estimate of drug-likeness (QED) is 0.421. The van der Waals surface area contributed by atoms with Crippen LogP contribution < -0.4 is 0 Å². The molecule has 0 radical (unpaired) electrons. The highest BCUT2D eigenvalue weighted by Gasteiger charge is 2.13. The SMILES string of the molecule is Fc1ccc(-n2nnc3c(SCc4ccccn4)ncnc32)cc1. The molecule has 0 amide bonds. The Balaban J connectivity index is 1.67. The highest BCUT2D eigenvalue weighted by molar-refractivity contribution is 7.98. The van der Waals surface area contributed by atoms with Gasteiger partial charge in [0.25, 0.3) is 0 Å². The second kappa shape index (κ2) is 6.32. The van der Waals surface area contributed by atoms with Crippen LogP contribution >= 0.6 is 11.8 Å². The number of fused-ring (bicyclic) bond motifs is 1. The van der Waals surface area contributed by atoms with E-state index in [0.29, 0.717) is 22.6 Å². The van der Waals surface area contributed by atoms with E-state index < -0.39 is 0 Å². The predicted molar refractivity (Wildman–Crippen MR) is 88.2 cm³/mol. The number of halogens is 1. The number of thioether (sulfide) groups is 1.